The maximum absolute atomic E-state index is 5.88. The van der Waals surface area contributed by atoms with Crippen molar-refractivity contribution in [1.29, 1.82) is 0 Å². The van der Waals surface area contributed by atoms with Crippen LogP contribution in [0, 0.1) is 0 Å². The van der Waals surface area contributed by atoms with Gasteiger partial charge in [0.2, 0.25) is 5.88 Å². The Hall–Kier alpha value is -1.40. The smallest absolute Gasteiger partial charge is 0.243 e. The van der Waals surface area contributed by atoms with Crippen molar-refractivity contribution in [1.82, 2.24) is 15.0 Å². The van der Waals surface area contributed by atoms with Gasteiger partial charge in [-0.1, -0.05) is 11.6 Å². The fraction of sp³-hybridized carbons (Fsp3) is 0. The number of nitrogens with two attached hydrogens (primary N) is 1. The minimum absolute atomic E-state index is 0.176. The molecule has 0 amide bonds. The second-order valence-corrected chi connectivity index (χ2v) is 4.11. The molecule has 16 heavy (non-hydrogen) atoms. The molecule has 0 saturated heterocycles. The lowest BCUT2D eigenvalue weighted by atomic mass is 10.4. The van der Waals surface area contributed by atoms with E-state index >= 15 is 0 Å². The first-order chi connectivity index (χ1) is 7.66. The van der Waals surface area contributed by atoms with Gasteiger partial charge in [0.15, 0.2) is 0 Å². The molecule has 7 heteroatoms. The number of ether oxygens (including phenoxy) is 1. The van der Waals surface area contributed by atoms with Gasteiger partial charge in [-0.05, 0) is 22.0 Å². The molecule has 0 atom stereocenters. The van der Waals surface area contributed by atoms with Crippen molar-refractivity contribution >= 4 is 33.3 Å². The number of nitrogens with zero attached hydrogens (tertiary/aromatic N) is 3. The fourth-order valence-corrected chi connectivity index (χ4v) is 1.48. The molecule has 0 radical (unpaired) electrons. The highest BCUT2D eigenvalue weighted by molar-refractivity contribution is 9.10. The molecule has 2 heterocycles. The molecule has 2 aromatic heterocycles. The lowest BCUT2D eigenvalue weighted by Gasteiger charge is -2.06. The van der Waals surface area contributed by atoms with E-state index in [4.69, 9.17) is 22.1 Å². The van der Waals surface area contributed by atoms with Crippen molar-refractivity contribution in [3.63, 3.8) is 0 Å². The van der Waals surface area contributed by atoms with Crippen molar-refractivity contribution < 1.29 is 4.74 Å². The highest BCUT2D eigenvalue weighted by Crippen LogP contribution is 2.30. The fourth-order valence-electron chi connectivity index (χ4n) is 0.997. The lowest BCUT2D eigenvalue weighted by Crippen LogP contribution is -1.96. The van der Waals surface area contributed by atoms with Crippen molar-refractivity contribution in [2.45, 2.75) is 0 Å². The number of halogens is 2. The van der Waals surface area contributed by atoms with E-state index in [0.717, 1.165) is 4.47 Å². The summed E-state index contributed by atoms with van der Waals surface area (Å²) in [6.07, 6.45) is 4.46. The highest BCUT2D eigenvalue weighted by atomic mass is 79.9. The van der Waals surface area contributed by atoms with Gasteiger partial charge in [0, 0.05) is 10.7 Å². The van der Waals surface area contributed by atoms with Crippen LogP contribution in [-0.2, 0) is 0 Å². The molecule has 5 nitrogen and oxygen atoms in total. The van der Waals surface area contributed by atoms with Gasteiger partial charge in [-0.25, -0.2) is 4.98 Å². The Morgan fingerprint density at radius 1 is 1.31 bits per heavy atom. The predicted octanol–water partition coefficient (Wildman–Crippen LogP) is 2.66. The summed E-state index contributed by atoms with van der Waals surface area (Å²) in [4.78, 5) is 11.5. The van der Waals surface area contributed by atoms with E-state index in [2.05, 4.69) is 30.9 Å². The van der Waals surface area contributed by atoms with Crippen LogP contribution in [0.25, 0.3) is 0 Å². The van der Waals surface area contributed by atoms with E-state index in [1.54, 1.807) is 18.5 Å². The van der Waals surface area contributed by atoms with Gasteiger partial charge in [0.25, 0.3) is 0 Å². The zero-order valence-corrected chi connectivity index (χ0v) is 10.2. The highest BCUT2D eigenvalue weighted by Gasteiger charge is 2.08. The van der Waals surface area contributed by atoms with Gasteiger partial charge in [-0.2, -0.15) is 4.98 Å². The molecule has 0 aliphatic heterocycles. The first-order valence-corrected chi connectivity index (χ1v) is 5.38. The molecular weight excluding hydrogens is 295 g/mol. The monoisotopic (exact) mass is 300 g/mol. The molecule has 0 aliphatic carbocycles. The van der Waals surface area contributed by atoms with Crippen LogP contribution < -0.4 is 10.5 Å². The maximum Gasteiger partial charge on any atom is 0.243 e. The minimum Gasteiger partial charge on any atom is -0.436 e. The quantitative estimate of drug-likeness (QED) is 0.923. The average Bonchev–Trinajstić information content (AvgIpc) is 2.25. The van der Waals surface area contributed by atoms with Crippen LogP contribution in [0.2, 0.25) is 5.02 Å². The summed E-state index contributed by atoms with van der Waals surface area (Å²) in [5.74, 6) is 0.887. The topological polar surface area (TPSA) is 73.9 Å². The van der Waals surface area contributed by atoms with Crippen LogP contribution in [0.1, 0.15) is 0 Å². The van der Waals surface area contributed by atoms with Gasteiger partial charge < -0.3 is 10.5 Å². The SMILES string of the molecule is Nc1ncnc(Oc2cncc(Br)c2)c1Cl. The first kappa shape index (κ1) is 11.1. The first-order valence-electron chi connectivity index (χ1n) is 4.21. The minimum atomic E-state index is 0.176. The molecule has 0 spiro atoms. The third-order valence-corrected chi connectivity index (χ3v) is 2.47. The van der Waals surface area contributed by atoms with Crippen molar-refractivity contribution in [2.24, 2.45) is 0 Å². The van der Waals surface area contributed by atoms with Crippen LogP contribution >= 0.6 is 27.5 Å². The number of nitrogen functional groups attached to an aromatic ring is 1. The molecular formula is C9H6BrClN4O. The van der Waals surface area contributed by atoms with E-state index in [1.807, 2.05) is 0 Å². The summed E-state index contributed by atoms with van der Waals surface area (Å²) < 4.78 is 6.21. The van der Waals surface area contributed by atoms with E-state index in [-0.39, 0.29) is 16.7 Å². The third kappa shape index (κ3) is 2.40. The normalized spacial score (nSPS) is 10.1. The Morgan fingerprint density at radius 3 is 2.88 bits per heavy atom. The molecule has 0 bridgehead atoms. The second kappa shape index (κ2) is 4.63. The number of rotatable bonds is 2. The number of anilines is 1. The Bertz CT molecular complexity index is 523. The van der Waals surface area contributed by atoms with Crippen LogP contribution in [0.5, 0.6) is 11.6 Å². The van der Waals surface area contributed by atoms with Gasteiger partial charge in [-0.15, -0.1) is 0 Å². The van der Waals surface area contributed by atoms with Crippen molar-refractivity contribution in [3.8, 4) is 11.6 Å². The Labute approximate surface area is 105 Å². The maximum atomic E-state index is 5.88. The molecule has 0 unspecified atom stereocenters. The molecule has 0 aromatic carbocycles. The van der Waals surface area contributed by atoms with Gasteiger partial charge in [0.1, 0.15) is 22.9 Å². The zero-order chi connectivity index (χ0) is 11.5. The van der Waals surface area contributed by atoms with Crippen LogP contribution in [0.15, 0.2) is 29.3 Å². The summed E-state index contributed by atoms with van der Waals surface area (Å²) in [7, 11) is 0. The van der Waals surface area contributed by atoms with Crippen LogP contribution in [0.4, 0.5) is 5.82 Å². The number of hydrogen-bond donors (Lipinski definition) is 1. The van der Waals surface area contributed by atoms with Gasteiger partial charge >= 0.3 is 0 Å². The summed E-state index contributed by atoms with van der Waals surface area (Å²) in [5, 5.41) is 0.183. The van der Waals surface area contributed by atoms with Crippen molar-refractivity contribution in [2.75, 3.05) is 5.73 Å². The molecule has 82 valence electrons. The van der Waals surface area contributed by atoms with Crippen LogP contribution in [0.3, 0.4) is 0 Å². The Morgan fingerprint density at radius 2 is 2.12 bits per heavy atom. The summed E-state index contributed by atoms with van der Waals surface area (Å²) in [6, 6.07) is 1.74. The zero-order valence-electron chi connectivity index (χ0n) is 7.89. The van der Waals surface area contributed by atoms with E-state index in [0.29, 0.717) is 5.75 Å². The second-order valence-electron chi connectivity index (χ2n) is 2.82. The predicted molar refractivity (Wildman–Crippen MR) is 63.5 cm³/mol. The molecule has 2 aromatic rings. The van der Waals surface area contributed by atoms with E-state index in [9.17, 15) is 0 Å². The molecule has 2 N–H and O–H groups in total. The summed E-state index contributed by atoms with van der Waals surface area (Å²) >= 11 is 9.15. The number of aromatic nitrogens is 3. The van der Waals surface area contributed by atoms with E-state index in [1.165, 1.54) is 6.33 Å². The standard InChI is InChI=1S/C9H6BrClN4O/c10-5-1-6(3-13-2-5)16-9-7(11)8(12)14-4-15-9/h1-4H,(H2,12,14,15). The summed E-state index contributed by atoms with van der Waals surface area (Å²) in [5.41, 5.74) is 5.52. The largest absolute Gasteiger partial charge is 0.436 e. The Kier molecular flexibility index (Phi) is 3.21. The van der Waals surface area contributed by atoms with Crippen molar-refractivity contribution in [3.05, 3.63) is 34.3 Å². The van der Waals surface area contributed by atoms with Gasteiger partial charge in [-0.3, -0.25) is 4.98 Å². The van der Waals surface area contributed by atoms with Gasteiger partial charge in [0.05, 0.1) is 6.20 Å². The molecule has 0 saturated carbocycles. The Balaban J connectivity index is 2.31. The number of hydrogen-bond acceptors (Lipinski definition) is 5. The molecule has 0 fully saturated rings. The number of pyridine rings is 1. The summed E-state index contributed by atoms with van der Waals surface area (Å²) in [6.45, 7) is 0. The average molecular weight is 302 g/mol. The lowest BCUT2D eigenvalue weighted by molar-refractivity contribution is 0.459. The van der Waals surface area contributed by atoms with E-state index < -0.39 is 0 Å². The molecule has 2 rings (SSSR count). The van der Waals surface area contributed by atoms with Crippen LogP contribution in [-0.4, -0.2) is 15.0 Å². The molecule has 0 aliphatic rings. The third-order valence-electron chi connectivity index (χ3n) is 1.68.